The van der Waals surface area contributed by atoms with Gasteiger partial charge in [-0.3, -0.25) is 14.4 Å². The van der Waals surface area contributed by atoms with Crippen LogP contribution in [0.25, 0.3) is 5.78 Å². The van der Waals surface area contributed by atoms with Crippen molar-refractivity contribution in [3.05, 3.63) is 57.8 Å². The zero-order valence-electron chi connectivity index (χ0n) is 17.2. The number of rotatable bonds is 5. The summed E-state index contributed by atoms with van der Waals surface area (Å²) in [7, 11) is 0. The number of nitrogens with one attached hydrogen (secondary N) is 1. The second-order valence-corrected chi connectivity index (χ2v) is 7.91. The maximum atomic E-state index is 12.7. The molecule has 8 nitrogen and oxygen atoms in total. The second-order valence-electron chi connectivity index (χ2n) is 7.91. The van der Waals surface area contributed by atoms with Crippen molar-refractivity contribution in [2.24, 2.45) is 0 Å². The fraction of sp³-hybridized carbons (Fsp3) is 0.409. The number of fused-ring (bicyclic) bond motifs is 1. The summed E-state index contributed by atoms with van der Waals surface area (Å²) in [5.41, 5.74) is 1.47. The summed E-state index contributed by atoms with van der Waals surface area (Å²) in [5.74, 6) is 0.984. The van der Waals surface area contributed by atoms with E-state index < -0.39 is 0 Å². The lowest BCUT2D eigenvalue weighted by molar-refractivity contribution is -0.116. The molecule has 1 saturated carbocycles. The van der Waals surface area contributed by atoms with Crippen LogP contribution in [0.4, 0.5) is 5.69 Å². The Morgan fingerprint density at radius 3 is 2.67 bits per heavy atom. The lowest BCUT2D eigenvalue weighted by Crippen LogP contribution is -2.25. The van der Waals surface area contributed by atoms with E-state index in [1.807, 2.05) is 0 Å². The molecule has 2 heterocycles. The normalized spacial score (nSPS) is 14.7. The van der Waals surface area contributed by atoms with Gasteiger partial charge in [0.1, 0.15) is 6.54 Å². The standard InChI is InChI=1S/C22H25N5O3/c1-14-11-20(30)27-22(24-21(25-27)16-7-4-3-5-8-16)26(14)13-19(29)23-18-10-6-9-17(12-18)15(2)28/h6,9-12,16H,3-5,7-8,13H2,1-2H3,(H,23,29). The van der Waals surface area contributed by atoms with Crippen LogP contribution in [0.15, 0.2) is 35.1 Å². The number of aromatic nitrogens is 4. The van der Waals surface area contributed by atoms with Crippen molar-refractivity contribution in [2.75, 3.05) is 5.32 Å². The number of benzene rings is 1. The Bertz CT molecular complexity index is 1170. The number of amides is 1. The molecular formula is C22H25N5O3. The molecule has 0 bridgehead atoms. The topological polar surface area (TPSA) is 98.4 Å². The van der Waals surface area contributed by atoms with Gasteiger partial charge in [0.2, 0.25) is 11.7 Å². The summed E-state index contributed by atoms with van der Waals surface area (Å²) in [6.07, 6.45) is 5.56. The average molecular weight is 407 g/mol. The second kappa shape index (κ2) is 8.22. The van der Waals surface area contributed by atoms with Gasteiger partial charge in [-0.25, -0.2) is 0 Å². The molecular weight excluding hydrogens is 382 g/mol. The SMILES string of the molecule is CC(=O)c1cccc(NC(=O)Cn2c(C)cc(=O)n3nc(C4CCCCC4)nc23)c1. The number of anilines is 1. The summed E-state index contributed by atoms with van der Waals surface area (Å²) < 4.78 is 2.99. The molecule has 0 unspecified atom stereocenters. The highest BCUT2D eigenvalue weighted by Gasteiger charge is 2.22. The highest BCUT2D eigenvalue weighted by molar-refractivity contribution is 5.97. The summed E-state index contributed by atoms with van der Waals surface area (Å²) in [6.45, 7) is 3.25. The van der Waals surface area contributed by atoms with Crippen molar-refractivity contribution in [2.45, 2.75) is 58.4 Å². The third-order valence-corrected chi connectivity index (χ3v) is 5.64. The van der Waals surface area contributed by atoms with E-state index in [0.29, 0.717) is 28.5 Å². The summed E-state index contributed by atoms with van der Waals surface area (Å²) in [5, 5.41) is 7.28. The number of aryl methyl sites for hydroxylation is 1. The monoisotopic (exact) mass is 407 g/mol. The fourth-order valence-electron chi connectivity index (χ4n) is 4.01. The molecule has 1 aliphatic carbocycles. The summed E-state index contributed by atoms with van der Waals surface area (Å²) in [6, 6.07) is 8.28. The van der Waals surface area contributed by atoms with Crippen molar-refractivity contribution in [1.82, 2.24) is 19.2 Å². The first-order chi connectivity index (χ1) is 14.4. The van der Waals surface area contributed by atoms with Crippen molar-refractivity contribution >= 4 is 23.2 Å². The van der Waals surface area contributed by atoms with Gasteiger partial charge >= 0.3 is 0 Å². The molecule has 156 valence electrons. The van der Waals surface area contributed by atoms with Gasteiger partial charge in [0, 0.05) is 28.9 Å². The predicted octanol–water partition coefficient (Wildman–Crippen LogP) is 3.09. The first kappa shape index (κ1) is 20.0. The van der Waals surface area contributed by atoms with Gasteiger partial charge in [-0.2, -0.15) is 9.50 Å². The predicted molar refractivity (Wildman–Crippen MR) is 113 cm³/mol. The largest absolute Gasteiger partial charge is 0.325 e. The van der Waals surface area contributed by atoms with Crippen LogP contribution in [-0.4, -0.2) is 30.9 Å². The first-order valence-corrected chi connectivity index (χ1v) is 10.3. The van der Waals surface area contributed by atoms with E-state index in [9.17, 15) is 14.4 Å². The fourth-order valence-corrected chi connectivity index (χ4v) is 4.01. The maximum Gasteiger partial charge on any atom is 0.275 e. The van der Waals surface area contributed by atoms with Crippen LogP contribution < -0.4 is 10.9 Å². The molecule has 30 heavy (non-hydrogen) atoms. The zero-order chi connectivity index (χ0) is 21.3. The number of Topliss-reactive ketones (excluding diaryl/α,β-unsaturated/α-hetero) is 1. The van der Waals surface area contributed by atoms with Gasteiger partial charge in [0.05, 0.1) is 0 Å². The zero-order valence-corrected chi connectivity index (χ0v) is 17.2. The Morgan fingerprint density at radius 2 is 1.93 bits per heavy atom. The van der Waals surface area contributed by atoms with E-state index in [2.05, 4.69) is 15.4 Å². The van der Waals surface area contributed by atoms with Crippen LogP contribution in [0.3, 0.4) is 0 Å². The molecule has 0 radical (unpaired) electrons. The average Bonchev–Trinajstić information content (AvgIpc) is 3.18. The van der Waals surface area contributed by atoms with Crippen LogP contribution in [-0.2, 0) is 11.3 Å². The molecule has 1 amide bonds. The number of carbonyl (C=O) groups is 2. The van der Waals surface area contributed by atoms with E-state index >= 15 is 0 Å². The minimum atomic E-state index is -0.272. The summed E-state index contributed by atoms with van der Waals surface area (Å²) in [4.78, 5) is 41.4. The van der Waals surface area contributed by atoms with Crippen LogP contribution in [0.2, 0.25) is 0 Å². The van der Waals surface area contributed by atoms with Gasteiger partial charge in [0.25, 0.3) is 5.56 Å². The van der Waals surface area contributed by atoms with Gasteiger partial charge < -0.3 is 9.88 Å². The molecule has 1 aliphatic rings. The quantitative estimate of drug-likeness (QED) is 0.656. The Labute approximate surface area is 173 Å². The first-order valence-electron chi connectivity index (χ1n) is 10.3. The number of hydrogen-bond donors (Lipinski definition) is 1. The van der Waals surface area contributed by atoms with Gasteiger partial charge in [0.15, 0.2) is 11.6 Å². The molecule has 0 atom stereocenters. The molecule has 2 aromatic heterocycles. The lowest BCUT2D eigenvalue weighted by atomic mass is 9.89. The molecule has 3 aromatic rings. The number of ketones is 1. The van der Waals surface area contributed by atoms with Crippen molar-refractivity contribution < 1.29 is 9.59 Å². The molecule has 8 heteroatoms. The van der Waals surface area contributed by atoms with Gasteiger partial charge in [-0.15, -0.1) is 5.10 Å². The minimum Gasteiger partial charge on any atom is -0.325 e. The number of nitrogens with zero attached hydrogens (tertiary/aromatic N) is 4. The molecule has 1 aromatic carbocycles. The Kier molecular flexibility index (Phi) is 5.48. The van der Waals surface area contributed by atoms with E-state index in [-0.39, 0.29) is 29.7 Å². The van der Waals surface area contributed by atoms with E-state index in [1.54, 1.807) is 35.8 Å². The van der Waals surface area contributed by atoms with E-state index in [4.69, 9.17) is 0 Å². The smallest absolute Gasteiger partial charge is 0.275 e. The third-order valence-electron chi connectivity index (χ3n) is 5.64. The van der Waals surface area contributed by atoms with Crippen LogP contribution >= 0.6 is 0 Å². The molecule has 0 spiro atoms. The molecule has 4 rings (SSSR count). The van der Waals surface area contributed by atoms with E-state index in [1.165, 1.54) is 23.9 Å². The van der Waals surface area contributed by atoms with Crippen LogP contribution in [0, 0.1) is 6.92 Å². The Balaban J connectivity index is 1.62. The van der Waals surface area contributed by atoms with E-state index in [0.717, 1.165) is 25.7 Å². The van der Waals surface area contributed by atoms with Crippen molar-refractivity contribution in [3.63, 3.8) is 0 Å². The summed E-state index contributed by atoms with van der Waals surface area (Å²) >= 11 is 0. The number of carbonyl (C=O) groups excluding carboxylic acids is 2. The Hall–Kier alpha value is -3.29. The highest BCUT2D eigenvalue weighted by atomic mass is 16.2. The van der Waals surface area contributed by atoms with Gasteiger partial charge in [-0.05, 0) is 38.8 Å². The van der Waals surface area contributed by atoms with Crippen molar-refractivity contribution in [3.8, 4) is 0 Å². The molecule has 0 aliphatic heterocycles. The molecule has 1 N–H and O–H groups in total. The minimum absolute atomic E-state index is 0.0112. The third kappa shape index (κ3) is 4.03. The highest BCUT2D eigenvalue weighted by Crippen LogP contribution is 2.30. The van der Waals surface area contributed by atoms with Crippen LogP contribution in [0.5, 0.6) is 0 Å². The number of hydrogen-bond acceptors (Lipinski definition) is 5. The van der Waals surface area contributed by atoms with Crippen molar-refractivity contribution in [1.29, 1.82) is 0 Å². The van der Waals surface area contributed by atoms with Gasteiger partial charge in [-0.1, -0.05) is 31.4 Å². The lowest BCUT2D eigenvalue weighted by Gasteiger charge is -2.17. The Morgan fingerprint density at radius 1 is 1.17 bits per heavy atom. The molecule has 0 saturated heterocycles. The maximum absolute atomic E-state index is 12.7. The molecule has 1 fully saturated rings. The van der Waals surface area contributed by atoms with Crippen LogP contribution in [0.1, 0.15) is 66.8 Å².